The molecule has 3 heteroatoms. The molecule has 0 unspecified atom stereocenters. The van der Waals surface area contributed by atoms with Crippen LogP contribution in [0.2, 0.25) is 0 Å². The first kappa shape index (κ1) is 24.6. The molecule has 0 spiro atoms. The number of benzene rings is 6. The Hall–Kier alpha value is -5.93. The number of rotatable bonds is 4. The lowest BCUT2D eigenvalue weighted by Gasteiger charge is -2.10. The van der Waals surface area contributed by atoms with Crippen LogP contribution in [0, 0.1) is 0 Å². The van der Waals surface area contributed by atoms with E-state index >= 15 is 0 Å². The van der Waals surface area contributed by atoms with Crippen LogP contribution in [0.5, 0.6) is 0 Å². The van der Waals surface area contributed by atoms with E-state index < -0.39 is 0 Å². The highest BCUT2D eigenvalue weighted by Gasteiger charge is 2.18. The number of aromatic nitrogens is 3. The molecule has 3 nitrogen and oxygen atoms in total. The van der Waals surface area contributed by atoms with Crippen LogP contribution < -0.4 is 0 Å². The minimum absolute atomic E-state index is 0.964. The maximum Gasteiger partial charge on any atom is 0.145 e. The van der Waals surface area contributed by atoms with E-state index in [0.717, 1.165) is 22.2 Å². The van der Waals surface area contributed by atoms with Gasteiger partial charge in [0.15, 0.2) is 0 Å². The van der Waals surface area contributed by atoms with Crippen LogP contribution in [0.4, 0.5) is 0 Å². The van der Waals surface area contributed by atoms with Gasteiger partial charge < -0.3 is 4.57 Å². The summed E-state index contributed by atoms with van der Waals surface area (Å²) >= 11 is 0. The van der Waals surface area contributed by atoms with E-state index in [1.54, 1.807) is 0 Å². The molecule has 0 N–H and O–H groups in total. The SMILES string of the molecule is c1ccc(-c2ccc(-n3c4ccc(-c5cccc6c5c5ccccc5n6-c5ccccc5)cc4c4cccnc43)cc2)cc1. The minimum Gasteiger partial charge on any atom is -0.309 e. The average Bonchev–Trinajstić information content (AvgIpc) is 3.62. The molecule has 9 aromatic rings. The molecule has 206 valence electrons. The number of para-hydroxylation sites is 2. The first-order chi connectivity index (χ1) is 21.8. The van der Waals surface area contributed by atoms with E-state index in [-0.39, 0.29) is 0 Å². The Kier molecular flexibility index (Phi) is 5.50. The van der Waals surface area contributed by atoms with Crippen LogP contribution in [0.3, 0.4) is 0 Å². The van der Waals surface area contributed by atoms with Crippen molar-refractivity contribution in [2.75, 3.05) is 0 Å². The van der Waals surface area contributed by atoms with Gasteiger partial charge in [-0.05, 0) is 82.9 Å². The molecule has 0 fully saturated rings. The topological polar surface area (TPSA) is 22.8 Å². The summed E-state index contributed by atoms with van der Waals surface area (Å²) in [6.07, 6.45) is 1.89. The second-order valence-electron chi connectivity index (χ2n) is 11.2. The van der Waals surface area contributed by atoms with Gasteiger partial charge in [-0.1, -0.05) is 97.1 Å². The first-order valence-corrected chi connectivity index (χ1v) is 15.0. The van der Waals surface area contributed by atoms with E-state index in [4.69, 9.17) is 4.98 Å². The second-order valence-corrected chi connectivity index (χ2v) is 11.2. The highest BCUT2D eigenvalue weighted by Crippen LogP contribution is 2.40. The van der Waals surface area contributed by atoms with Crippen molar-refractivity contribution in [3.05, 3.63) is 164 Å². The molecule has 9 rings (SSSR count). The van der Waals surface area contributed by atoms with Crippen LogP contribution >= 0.6 is 0 Å². The summed E-state index contributed by atoms with van der Waals surface area (Å²) in [6.45, 7) is 0. The fraction of sp³-hybridized carbons (Fsp3) is 0. The van der Waals surface area contributed by atoms with Gasteiger partial charge in [0.25, 0.3) is 0 Å². The lowest BCUT2D eigenvalue weighted by Crippen LogP contribution is -1.95. The van der Waals surface area contributed by atoms with Gasteiger partial charge in [0.1, 0.15) is 5.65 Å². The number of hydrogen-bond acceptors (Lipinski definition) is 1. The fourth-order valence-corrected chi connectivity index (χ4v) is 6.82. The predicted octanol–water partition coefficient (Wildman–Crippen LogP) is 10.6. The first-order valence-electron chi connectivity index (χ1n) is 15.0. The molecule has 0 saturated heterocycles. The molecule has 0 saturated carbocycles. The molecule has 0 atom stereocenters. The van der Waals surface area contributed by atoms with Crippen LogP contribution in [0.15, 0.2) is 164 Å². The van der Waals surface area contributed by atoms with Gasteiger partial charge >= 0.3 is 0 Å². The van der Waals surface area contributed by atoms with Crippen molar-refractivity contribution < 1.29 is 0 Å². The summed E-state index contributed by atoms with van der Waals surface area (Å²) in [5.41, 5.74) is 11.6. The molecule has 3 aromatic heterocycles. The Balaban J connectivity index is 1.26. The Morgan fingerprint density at radius 2 is 1.02 bits per heavy atom. The van der Waals surface area contributed by atoms with E-state index in [1.807, 2.05) is 12.3 Å². The van der Waals surface area contributed by atoms with Crippen molar-refractivity contribution >= 4 is 43.7 Å². The third kappa shape index (κ3) is 3.73. The van der Waals surface area contributed by atoms with E-state index in [2.05, 4.69) is 161 Å². The van der Waals surface area contributed by atoms with Gasteiger partial charge in [-0.25, -0.2) is 4.98 Å². The van der Waals surface area contributed by atoms with Crippen LogP contribution in [0.25, 0.3) is 77.4 Å². The Bertz CT molecular complexity index is 2470. The second kappa shape index (κ2) is 9.82. The zero-order chi connectivity index (χ0) is 29.0. The lowest BCUT2D eigenvalue weighted by atomic mass is 9.98. The summed E-state index contributed by atoms with van der Waals surface area (Å²) in [5.74, 6) is 0. The van der Waals surface area contributed by atoms with Gasteiger partial charge in [0, 0.05) is 39.1 Å². The number of hydrogen-bond donors (Lipinski definition) is 0. The van der Waals surface area contributed by atoms with Crippen molar-refractivity contribution in [2.45, 2.75) is 0 Å². The number of pyridine rings is 1. The van der Waals surface area contributed by atoms with Crippen molar-refractivity contribution in [3.8, 4) is 33.6 Å². The number of fused-ring (bicyclic) bond motifs is 6. The fourth-order valence-electron chi connectivity index (χ4n) is 6.82. The third-order valence-electron chi connectivity index (χ3n) is 8.78. The number of nitrogens with zero attached hydrogens (tertiary/aromatic N) is 3. The molecule has 0 amide bonds. The summed E-state index contributed by atoms with van der Waals surface area (Å²) in [7, 11) is 0. The highest BCUT2D eigenvalue weighted by molar-refractivity contribution is 6.17. The molecule has 0 aliphatic carbocycles. The van der Waals surface area contributed by atoms with Crippen molar-refractivity contribution in [2.24, 2.45) is 0 Å². The third-order valence-corrected chi connectivity index (χ3v) is 8.78. The van der Waals surface area contributed by atoms with Crippen LogP contribution in [-0.4, -0.2) is 14.1 Å². The molecule has 0 bridgehead atoms. The van der Waals surface area contributed by atoms with E-state index in [0.29, 0.717) is 0 Å². The normalized spacial score (nSPS) is 11.6. The smallest absolute Gasteiger partial charge is 0.145 e. The van der Waals surface area contributed by atoms with Gasteiger partial charge in [-0.3, -0.25) is 4.57 Å². The molecular formula is C41H27N3. The quantitative estimate of drug-likeness (QED) is 0.210. The summed E-state index contributed by atoms with van der Waals surface area (Å²) in [6, 6.07) is 56.4. The standard InChI is InChI=1S/C41H27N3/c1-3-11-28(12-4-1)29-20-23-32(24-21-29)44-38-25-22-30(27-36(38)34-17-10-26-42-41(34)44)33-16-9-19-39-40(33)35-15-7-8-18-37(35)43(39)31-13-5-2-6-14-31/h1-27H. The van der Waals surface area contributed by atoms with Gasteiger partial charge in [0.2, 0.25) is 0 Å². The van der Waals surface area contributed by atoms with Crippen LogP contribution in [0.1, 0.15) is 0 Å². The molecule has 0 aliphatic rings. The average molecular weight is 562 g/mol. The van der Waals surface area contributed by atoms with Crippen molar-refractivity contribution in [3.63, 3.8) is 0 Å². The lowest BCUT2D eigenvalue weighted by molar-refractivity contribution is 1.14. The maximum atomic E-state index is 4.87. The molecule has 0 aliphatic heterocycles. The minimum atomic E-state index is 0.964. The zero-order valence-electron chi connectivity index (χ0n) is 23.9. The molecule has 44 heavy (non-hydrogen) atoms. The Morgan fingerprint density at radius 1 is 0.386 bits per heavy atom. The predicted molar refractivity (Wildman–Crippen MR) is 184 cm³/mol. The summed E-state index contributed by atoms with van der Waals surface area (Å²) in [4.78, 5) is 4.87. The molecule has 0 radical (unpaired) electrons. The van der Waals surface area contributed by atoms with E-state index in [1.165, 1.54) is 55.1 Å². The van der Waals surface area contributed by atoms with E-state index in [9.17, 15) is 0 Å². The van der Waals surface area contributed by atoms with Gasteiger partial charge in [0.05, 0.1) is 16.6 Å². The Morgan fingerprint density at radius 3 is 1.86 bits per heavy atom. The highest BCUT2D eigenvalue weighted by atomic mass is 15.0. The van der Waals surface area contributed by atoms with Gasteiger partial charge in [-0.2, -0.15) is 0 Å². The van der Waals surface area contributed by atoms with Crippen molar-refractivity contribution in [1.29, 1.82) is 0 Å². The zero-order valence-corrected chi connectivity index (χ0v) is 23.9. The van der Waals surface area contributed by atoms with Crippen LogP contribution in [-0.2, 0) is 0 Å². The van der Waals surface area contributed by atoms with Gasteiger partial charge in [-0.15, -0.1) is 0 Å². The summed E-state index contributed by atoms with van der Waals surface area (Å²) < 4.78 is 4.66. The Labute approximate surface area is 254 Å². The molecule has 6 aromatic carbocycles. The summed E-state index contributed by atoms with van der Waals surface area (Å²) in [5, 5.41) is 4.87. The molecule has 3 heterocycles. The maximum absolute atomic E-state index is 4.87. The largest absolute Gasteiger partial charge is 0.309 e. The monoisotopic (exact) mass is 561 g/mol. The molecular weight excluding hydrogens is 534 g/mol. The van der Waals surface area contributed by atoms with Crippen molar-refractivity contribution in [1.82, 2.24) is 14.1 Å².